The highest BCUT2D eigenvalue weighted by Crippen LogP contribution is 2.43. The number of sulfone groups is 1. The van der Waals surface area contributed by atoms with Crippen molar-refractivity contribution in [2.24, 2.45) is 4.99 Å². The van der Waals surface area contributed by atoms with Crippen molar-refractivity contribution in [2.45, 2.75) is 76.4 Å². The third-order valence-corrected chi connectivity index (χ3v) is 9.14. The van der Waals surface area contributed by atoms with Crippen molar-refractivity contribution in [1.82, 2.24) is 4.90 Å². The summed E-state index contributed by atoms with van der Waals surface area (Å²) in [5.74, 6) is -2.36. The molecule has 1 aromatic carbocycles. The van der Waals surface area contributed by atoms with Gasteiger partial charge in [-0.15, -0.1) is 0 Å². The lowest BCUT2D eigenvalue weighted by Gasteiger charge is -2.44. The minimum atomic E-state index is -4.35. The van der Waals surface area contributed by atoms with Gasteiger partial charge < -0.3 is 9.47 Å². The number of imide groups is 1. The number of amidine groups is 1. The number of nitrogens with zero attached hydrogens (tertiary/aromatic N) is 2. The zero-order chi connectivity index (χ0) is 28.6. The fourth-order valence-corrected chi connectivity index (χ4v) is 7.57. The number of carbonyl (C=O) groups is 2. The van der Waals surface area contributed by atoms with Gasteiger partial charge >= 0.3 is 12.2 Å². The van der Waals surface area contributed by atoms with Crippen molar-refractivity contribution in [3.05, 3.63) is 34.1 Å². The molecule has 0 saturated heterocycles. The van der Waals surface area contributed by atoms with Gasteiger partial charge in [-0.1, -0.05) is 38.5 Å². The van der Waals surface area contributed by atoms with E-state index in [1.807, 2.05) is 22.6 Å². The minimum absolute atomic E-state index is 0.0693. The van der Waals surface area contributed by atoms with Crippen LogP contribution in [0.1, 0.15) is 60.5 Å². The van der Waals surface area contributed by atoms with Gasteiger partial charge in [0.05, 0.1) is 5.75 Å². The van der Waals surface area contributed by atoms with Crippen molar-refractivity contribution >= 4 is 66.4 Å². The predicted octanol–water partition coefficient (Wildman–Crippen LogP) is 6.34. The number of rotatable bonds is 4. The van der Waals surface area contributed by atoms with Gasteiger partial charge in [-0.2, -0.15) is 4.90 Å². The topological polar surface area (TPSA) is 102 Å². The molecule has 0 saturated carbocycles. The first kappa shape index (κ1) is 31.9. The molecule has 0 bridgehead atoms. The smallest absolute Gasteiger partial charge is 0.425 e. The van der Waals surface area contributed by atoms with E-state index in [2.05, 4.69) is 20.9 Å². The number of ether oxygens (including phenoxy) is 2. The molecule has 1 aliphatic rings. The molecule has 0 fully saturated rings. The lowest BCUT2D eigenvalue weighted by atomic mass is 9.92. The van der Waals surface area contributed by atoms with Gasteiger partial charge in [0.15, 0.2) is 9.84 Å². The first-order valence-corrected chi connectivity index (χ1v) is 15.4. The van der Waals surface area contributed by atoms with Crippen molar-refractivity contribution in [3.63, 3.8) is 0 Å². The van der Waals surface area contributed by atoms with Crippen LogP contribution in [0.4, 0.5) is 18.4 Å². The van der Waals surface area contributed by atoms with Crippen molar-refractivity contribution < 1.29 is 36.3 Å². The Morgan fingerprint density at radius 2 is 1.65 bits per heavy atom. The van der Waals surface area contributed by atoms with Crippen molar-refractivity contribution in [3.8, 4) is 0 Å². The molecule has 0 aliphatic carbocycles. The molecule has 2 rings (SSSR count). The monoisotopic (exact) mass is 720 g/mol. The summed E-state index contributed by atoms with van der Waals surface area (Å²) >= 11 is 5.16. The summed E-state index contributed by atoms with van der Waals surface area (Å²) in [6.07, 6.45) is -2.57. The van der Waals surface area contributed by atoms with E-state index < -0.39 is 67.6 Å². The van der Waals surface area contributed by atoms with Crippen LogP contribution in [0.25, 0.3) is 0 Å². The molecule has 0 N–H and O–H groups in total. The Bertz CT molecular complexity index is 1170. The number of aliphatic imine (C=N–C) groups is 1. The summed E-state index contributed by atoms with van der Waals surface area (Å²) in [5, 5.41) is 0. The van der Waals surface area contributed by atoms with E-state index in [0.29, 0.717) is 9.37 Å². The number of halogens is 4. The van der Waals surface area contributed by atoms with Gasteiger partial charge in [0.1, 0.15) is 39.8 Å². The molecule has 208 valence electrons. The second kappa shape index (κ2) is 11.0. The summed E-state index contributed by atoms with van der Waals surface area (Å²) < 4.78 is 67.2. The molecular formula is C24H32BrF2IN2O6S. The Hall–Kier alpha value is -1.35. The number of hydrogen-bond acceptors (Lipinski definition) is 7. The van der Waals surface area contributed by atoms with E-state index in [1.54, 1.807) is 41.5 Å². The highest BCUT2D eigenvalue weighted by molar-refractivity contribution is 14.1. The summed E-state index contributed by atoms with van der Waals surface area (Å²) in [4.78, 5) is 31.6. The van der Waals surface area contributed by atoms with Crippen LogP contribution in [0.5, 0.6) is 0 Å². The first-order chi connectivity index (χ1) is 16.7. The van der Waals surface area contributed by atoms with Crippen LogP contribution in [0.3, 0.4) is 0 Å². The van der Waals surface area contributed by atoms with Crippen LogP contribution in [0.2, 0.25) is 0 Å². The lowest BCUT2D eigenvalue weighted by molar-refractivity contribution is 0.0138. The maximum Gasteiger partial charge on any atom is 0.425 e. The van der Waals surface area contributed by atoms with Gasteiger partial charge in [0, 0.05) is 14.5 Å². The van der Waals surface area contributed by atoms with Gasteiger partial charge in [-0.05, 0) is 73.1 Å². The Labute approximate surface area is 238 Å². The van der Waals surface area contributed by atoms with Crippen LogP contribution in [0, 0.1) is 5.82 Å². The van der Waals surface area contributed by atoms with Gasteiger partial charge in [-0.25, -0.2) is 26.8 Å². The maximum absolute atomic E-state index is 15.0. The highest BCUT2D eigenvalue weighted by atomic mass is 127. The van der Waals surface area contributed by atoms with E-state index in [9.17, 15) is 22.4 Å². The van der Waals surface area contributed by atoms with Gasteiger partial charge in [0.25, 0.3) is 0 Å². The average molecular weight is 721 g/mol. The minimum Gasteiger partial charge on any atom is -0.443 e. The summed E-state index contributed by atoms with van der Waals surface area (Å²) in [6.45, 7) is 9.25. The number of benzene rings is 1. The number of hydrogen-bond donors (Lipinski definition) is 0. The predicted molar refractivity (Wildman–Crippen MR) is 149 cm³/mol. The molecular weight excluding hydrogens is 689 g/mol. The zero-order valence-corrected chi connectivity index (χ0v) is 26.4. The second-order valence-corrected chi connectivity index (χ2v) is 15.4. The zero-order valence-electron chi connectivity index (χ0n) is 21.8. The fourth-order valence-electron chi connectivity index (χ4n) is 3.70. The largest absolute Gasteiger partial charge is 0.443 e. The SMILES string of the molecule is CC(C)(C)OC(=O)N(C(=O)OC(C)(C)C)C1=N[C@](CF)(c2cc(Br)ccc2F)CS(=O)(=O)[C@]1(C)CCI. The normalized spacial score (nSPS) is 23.7. The Kier molecular flexibility index (Phi) is 9.50. The first-order valence-electron chi connectivity index (χ1n) is 11.4. The molecule has 0 unspecified atom stereocenters. The highest BCUT2D eigenvalue weighted by Gasteiger charge is 2.58. The number of amides is 2. The molecule has 1 aliphatic heterocycles. The van der Waals surface area contributed by atoms with E-state index in [-0.39, 0.29) is 16.4 Å². The second-order valence-electron chi connectivity index (χ2n) is 10.9. The molecule has 2 atom stereocenters. The number of alkyl halides is 2. The molecule has 0 spiro atoms. The standard InChI is InChI=1S/C24H32BrF2IN2O6S/c1-21(2,3)35-19(31)30(20(32)36-22(4,5)6)18-23(7,10-11-28)37(33,34)14-24(13-26,29-18)16-12-15(25)8-9-17(16)27/h8-9,12H,10-11,13-14H2,1-7H3/t23-,24+/m1/s1. The van der Waals surface area contributed by atoms with E-state index in [0.717, 1.165) is 6.07 Å². The van der Waals surface area contributed by atoms with Crippen molar-refractivity contribution in [1.29, 1.82) is 0 Å². The quantitative estimate of drug-likeness (QED) is 0.266. The summed E-state index contributed by atoms with van der Waals surface area (Å²) in [6, 6.07) is 3.66. The lowest BCUT2D eigenvalue weighted by Crippen LogP contribution is -2.63. The van der Waals surface area contributed by atoms with E-state index in [4.69, 9.17) is 9.47 Å². The molecule has 0 radical (unpaired) electrons. The molecule has 13 heteroatoms. The molecule has 8 nitrogen and oxygen atoms in total. The van der Waals surface area contributed by atoms with Crippen LogP contribution in [-0.2, 0) is 24.8 Å². The molecule has 1 heterocycles. The summed E-state index contributed by atoms with van der Waals surface area (Å²) in [7, 11) is -4.35. The number of carbonyl (C=O) groups excluding carboxylic acids is 2. The van der Waals surface area contributed by atoms with Crippen LogP contribution in [-0.4, -0.2) is 64.1 Å². The average Bonchev–Trinajstić information content (AvgIpc) is 2.70. The molecule has 1 aromatic rings. The Morgan fingerprint density at radius 1 is 1.14 bits per heavy atom. The van der Waals surface area contributed by atoms with Gasteiger partial charge in [0.2, 0.25) is 0 Å². The van der Waals surface area contributed by atoms with Crippen molar-refractivity contribution in [2.75, 3.05) is 16.9 Å². The summed E-state index contributed by atoms with van der Waals surface area (Å²) in [5.41, 5.74) is -4.78. The van der Waals surface area contributed by atoms with Gasteiger partial charge in [-0.3, -0.25) is 4.99 Å². The van der Waals surface area contributed by atoms with E-state index >= 15 is 4.39 Å². The fraction of sp³-hybridized carbons (Fsp3) is 0.625. The van der Waals surface area contributed by atoms with Crippen LogP contribution in [0.15, 0.2) is 27.7 Å². The van der Waals surface area contributed by atoms with Crippen LogP contribution >= 0.6 is 38.5 Å². The Balaban J connectivity index is 2.98. The molecule has 0 aromatic heterocycles. The maximum atomic E-state index is 15.0. The molecule has 37 heavy (non-hydrogen) atoms. The van der Waals surface area contributed by atoms with Crippen LogP contribution < -0.4 is 0 Å². The Morgan fingerprint density at radius 3 is 2.08 bits per heavy atom. The molecule has 2 amide bonds. The van der Waals surface area contributed by atoms with E-state index in [1.165, 1.54) is 19.1 Å². The third kappa shape index (κ3) is 7.00. The third-order valence-electron chi connectivity index (χ3n) is 5.49.